The van der Waals surface area contributed by atoms with E-state index in [-0.39, 0.29) is 12.5 Å². The third kappa shape index (κ3) is 23.8. The number of aliphatic hydroxyl groups is 5. The summed E-state index contributed by atoms with van der Waals surface area (Å²) in [7, 11) is 0. The van der Waals surface area contributed by atoms with Gasteiger partial charge < -0.3 is 40.3 Å². The molecule has 7 atom stereocenters. The van der Waals surface area contributed by atoms with Crippen LogP contribution < -0.4 is 5.32 Å². The Morgan fingerprint density at radius 3 is 1.70 bits per heavy atom. The third-order valence-corrected chi connectivity index (χ3v) is 9.50. The monoisotopic (exact) mass is 710 g/mol. The molecular weight excluding hydrogens is 634 g/mol. The SMILES string of the molecule is CCCCC\C=C/C=C/C=C/CCCCCCC(=O)N[C@@H](COC1OC(O)C(O)C(O)C1O)[C@H](O)CCCCCCCCCCCCCCC. The molecule has 1 heterocycles. The van der Waals surface area contributed by atoms with Crippen LogP contribution in [0.5, 0.6) is 0 Å². The molecule has 9 nitrogen and oxygen atoms in total. The van der Waals surface area contributed by atoms with Crippen molar-refractivity contribution in [3.8, 4) is 0 Å². The van der Waals surface area contributed by atoms with Gasteiger partial charge in [-0.05, 0) is 38.5 Å². The van der Waals surface area contributed by atoms with Gasteiger partial charge in [0.05, 0.1) is 18.8 Å². The number of rotatable bonds is 32. The zero-order valence-electron chi connectivity index (χ0n) is 31.6. The van der Waals surface area contributed by atoms with Crippen LogP contribution in [0.4, 0.5) is 0 Å². The number of ether oxygens (including phenoxy) is 2. The summed E-state index contributed by atoms with van der Waals surface area (Å²) in [6, 6.07) is -0.749. The van der Waals surface area contributed by atoms with Crippen molar-refractivity contribution in [2.75, 3.05) is 6.61 Å². The van der Waals surface area contributed by atoms with Crippen LogP contribution in [0.3, 0.4) is 0 Å². The summed E-state index contributed by atoms with van der Waals surface area (Å²) in [6.07, 6.45) is 30.2. The number of carbonyl (C=O) groups is 1. The van der Waals surface area contributed by atoms with Gasteiger partial charge in [0.1, 0.15) is 18.3 Å². The summed E-state index contributed by atoms with van der Waals surface area (Å²) in [5.74, 6) is -0.184. The van der Waals surface area contributed by atoms with Gasteiger partial charge >= 0.3 is 0 Å². The van der Waals surface area contributed by atoms with E-state index in [1.807, 2.05) is 0 Å². The quantitative estimate of drug-likeness (QED) is 0.0308. The van der Waals surface area contributed by atoms with Crippen molar-refractivity contribution in [2.45, 2.75) is 211 Å². The molecule has 5 unspecified atom stereocenters. The van der Waals surface area contributed by atoms with Crippen LogP contribution in [0.15, 0.2) is 36.5 Å². The first kappa shape index (κ1) is 46.4. The summed E-state index contributed by atoms with van der Waals surface area (Å²) in [4.78, 5) is 12.8. The van der Waals surface area contributed by atoms with E-state index in [4.69, 9.17) is 9.47 Å². The molecule has 0 spiro atoms. The van der Waals surface area contributed by atoms with Gasteiger partial charge in [-0.15, -0.1) is 0 Å². The lowest BCUT2D eigenvalue weighted by Gasteiger charge is -2.38. The lowest BCUT2D eigenvalue weighted by atomic mass is 10.0. The van der Waals surface area contributed by atoms with Gasteiger partial charge in [0.25, 0.3) is 0 Å². The van der Waals surface area contributed by atoms with E-state index in [1.54, 1.807) is 0 Å². The fourth-order valence-electron chi connectivity index (χ4n) is 6.16. The number of amides is 1. The zero-order chi connectivity index (χ0) is 36.7. The zero-order valence-corrected chi connectivity index (χ0v) is 31.6. The molecule has 0 aliphatic carbocycles. The Morgan fingerprint density at radius 2 is 1.12 bits per heavy atom. The molecule has 1 rings (SSSR count). The summed E-state index contributed by atoms with van der Waals surface area (Å²) in [5.41, 5.74) is 0. The molecule has 1 amide bonds. The molecular formula is C41H75NO8. The van der Waals surface area contributed by atoms with E-state index in [9.17, 15) is 30.3 Å². The standard InChI is InChI=1S/C41H75NO8/c1-3-5-7-9-11-13-15-17-18-20-22-24-26-28-30-32-36(44)42-34(33-49-41-39(47)37(45)38(46)40(48)50-41)35(43)31-29-27-25-23-21-19-16-14-12-10-8-6-4-2/h11,13,15,17-18,20,34-35,37-41,43,45-48H,3-10,12,14,16,19,21-33H2,1-2H3,(H,42,44)/b13-11-,17-15+,20-18+/t34-,35+,37?,38?,39?,40?,41?/m0/s1. The van der Waals surface area contributed by atoms with Crippen molar-refractivity contribution < 1.29 is 39.8 Å². The van der Waals surface area contributed by atoms with E-state index in [0.717, 1.165) is 57.8 Å². The minimum absolute atomic E-state index is 0.182. The second-order valence-corrected chi connectivity index (χ2v) is 14.2. The Labute approximate surface area is 304 Å². The Balaban J connectivity index is 2.38. The fraction of sp³-hybridized carbons (Fsp3) is 0.829. The van der Waals surface area contributed by atoms with Crippen molar-refractivity contribution in [2.24, 2.45) is 0 Å². The number of allylic oxidation sites excluding steroid dienone is 6. The van der Waals surface area contributed by atoms with Crippen LogP contribution in [0.2, 0.25) is 0 Å². The number of hydrogen-bond donors (Lipinski definition) is 6. The Morgan fingerprint density at radius 1 is 0.640 bits per heavy atom. The summed E-state index contributed by atoms with van der Waals surface area (Å²) in [5, 5.41) is 53.8. The van der Waals surface area contributed by atoms with Crippen molar-refractivity contribution in [3.05, 3.63) is 36.5 Å². The molecule has 0 bridgehead atoms. The van der Waals surface area contributed by atoms with Gasteiger partial charge in [0.2, 0.25) is 5.91 Å². The van der Waals surface area contributed by atoms with Gasteiger partial charge in [-0.3, -0.25) is 4.79 Å². The minimum atomic E-state index is -1.73. The van der Waals surface area contributed by atoms with Crippen LogP contribution >= 0.6 is 0 Å². The third-order valence-electron chi connectivity index (χ3n) is 9.50. The average Bonchev–Trinajstić information content (AvgIpc) is 3.11. The van der Waals surface area contributed by atoms with Gasteiger partial charge in [0.15, 0.2) is 12.6 Å². The lowest BCUT2D eigenvalue weighted by molar-refractivity contribution is -0.341. The van der Waals surface area contributed by atoms with Crippen molar-refractivity contribution in [1.82, 2.24) is 5.32 Å². The first-order valence-electron chi connectivity index (χ1n) is 20.3. The van der Waals surface area contributed by atoms with Crippen LogP contribution in [0.1, 0.15) is 168 Å². The number of nitrogens with one attached hydrogen (secondary N) is 1. The molecule has 6 N–H and O–H groups in total. The van der Waals surface area contributed by atoms with E-state index < -0.39 is 43.0 Å². The molecule has 0 aromatic carbocycles. The van der Waals surface area contributed by atoms with E-state index >= 15 is 0 Å². The highest BCUT2D eigenvalue weighted by atomic mass is 16.7. The molecule has 0 aromatic heterocycles. The van der Waals surface area contributed by atoms with Crippen molar-refractivity contribution >= 4 is 5.91 Å². The topological polar surface area (TPSA) is 149 Å². The maximum absolute atomic E-state index is 12.8. The molecule has 1 saturated heterocycles. The Bertz CT molecular complexity index is 881. The smallest absolute Gasteiger partial charge is 0.220 e. The van der Waals surface area contributed by atoms with Gasteiger partial charge in [-0.25, -0.2) is 0 Å². The maximum Gasteiger partial charge on any atom is 0.220 e. The predicted molar refractivity (Wildman–Crippen MR) is 202 cm³/mol. The molecule has 1 aliphatic rings. The van der Waals surface area contributed by atoms with E-state index in [1.165, 1.54) is 83.5 Å². The Hall–Kier alpha value is -1.59. The normalized spacial score (nSPS) is 22.6. The van der Waals surface area contributed by atoms with Gasteiger partial charge in [0, 0.05) is 6.42 Å². The molecule has 50 heavy (non-hydrogen) atoms. The molecule has 1 aliphatic heterocycles. The number of carbonyl (C=O) groups excluding carboxylic acids is 1. The highest BCUT2D eigenvalue weighted by molar-refractivity contribution is 5.76. The highest BCUT2D eigenvalue weighted by Gasteiger charge is 2.44. The largest absolute Gasteiger partial charge is 0.391 e. The van der Waals surface area contributed by atoms with Crippen molar-refractivity contribution in [3.63, 3.8) is 0 Å². The molecule has 1 fully saturated rings. The van der Waals surface area contributed by atoms with Gasteiger partial charge in [-0.1, -0.05) is 159 Å². The highest BCUT2D eigenvalue weighted by Crippen LogP contribution is 2.22. The molecule has 0 aromatic rings. The number of hydrogen-bond acceptors (Lipinski definition) is 8. The van der Waals surface area contributed by atoms with Crippen LogP contribution in [-0.2, 0) is 14.3 Å². The summed E-state index contributed by atoms with van der Waals surface area (Å²) in [6.45, 7) is 4.28. The molecule has 292 valence electrons. The molecule has 0 saturated carbocycles. The number of aliphatic hydroxyl groups excluding tert-OH is 5. The minimum Gasteiger partial charge on any atom is -0.391 e. The van der Waals surface area contributed by atoms with E-state index in [2.05, 4.69) is 55.6 Å². The predicted octanol–water partition coefficient (Wildman–Crippen LogP) is 7.68. The molecule has 0 radical (unpaired) electrons. The first-order valence-corrected chi connectivity index (χ1v) is 20.3. The van der Waals surface area contributed by atoms with Gasteiger partial charge in [-0.2, -0.15) is 0 Å². The summed E-state index contributed by atoms with van der Waals surface area (Å²) >= 11 is 0. The average molecular weight is 710 g/mol. The van der Waals surface area contributed by atoms with E-state index in [0.29, 0.717) is 12.8 Å². The fourth-order valence-corrected chi connectivity index (χ4v) is 6.16. The number of unbranched alkanes of at least 4 members (excludes halogenated alkanes) is 19. The van der Waals surface area contributed by atoms with Crippen LogP contribution in [0, 0.1) is 0 Å². The maximum atomic E-state index is 12.8. The van der Waals surface area contributed by atoms with Crippen molar-refractivity contribution in [1.29, 1.82) is 0 Å². The Kier molecular flexibility index (Phi) is 29.8. The van der Waals surface area contributed by atoms with Crippen LogP contribution in [-0.4, -0.2) is 81.1 Å². The second kappa shape index (κ2) is 32.1. The first-order chi connectivity index (χ1) is 24.3. The van der Waals surface area contributed by atoms with Crippen LogP contribution in [0.25, 0.3) is 0 Å². The lowest BCUT2D eigenvalue weighted by Crippen LogP contribution is -2.59. The summed E-state index contributed by atoms with van der Waals surface area (Å²) < 4.78 is 10.8. The second-order valence-electron chi connectivity index (χ2n) is 14.2. The molecule has 9 heteroatoms.